The molecule has 4 nitrogen and oxygen atoms in total. The number of hydrogen-bond acceptors (Lipinski definition) is 4. The Kier molecular flexibility index (Phi) is 8.17. The predicted molar refractivity (Wildman–Crippen MR) is 69.0 cm³/mol. The van der Waals surface area contributed by atoms with Gasteiger partial charge in [0.2, 0.25) is 0 Å². The average molecular weight is 245 g/mol. The highest BCUT2D eigenvalue weighted by molar-refractivity contribution is 5.66. The Morgan fingerprint density at radius 1 is 1.29 bits per heavy atom. The van der Waals surface area contributed by atoms with Crippen molar-refractivity contribution in [3.05, 3.63) is 0 Å². The molecule has 0 aromatic rings. The van der Waals surface area contributed by atoms with E-state index in [1.165, 1.54) is 19.8 Å². The van der Waals surface area contributed by atoms with Gasteiger partial charge >= 0.3 is 5.97 Å². The first kappa shape index (κ1) is 16.4. The van der Waals surface area contributed by atoms with Crippen molar-refractivity contribution in [3.8, 4) is 0 Å². The molecule has 1 N–H and O–H groups in total. The third-order valence-electron chi connectivity index (χ3n) is 2.14. The van der Waals surface area contributed by atoms with Crippen molar-refractivity contribution in [3.63, 3.8) is 0 Å². The summed E-state index contributed by atoms with van der Waals surface area (Å²) in [6.45, 7) is 12.1. The van der Waals surface area contributed by atoms with E-state index in [0.29, 0.717) is 6.10 Å². The van der Waals surface area contributed by atoms with E-state index < -0.39 is 0 Å². The van der Waals surface area contributed by atoms with E-state index in [1.807, 2.05) is 20.8 Å². The molecule has 0 aromatic carbocycles. The van der Waals surface area contributed by atoms with Crippen LogP contribution >= 0.6 is 0 Å². The summed E-state index contributed by atoms with van der Waals surface area (Å²) in [6, 6.07) is 0. The Balaban J connectivity index is 0.000000304. The van der Waals surface area contributed by atoms with E-state index in [9.17, 15) is 4.79 Å². The fourth-order valence-corrected chi connectivity index (χ4v) is 1.63. The van der Waals surface area contributed by atoms with Crippen LogP contribution in [-0.2, 0) is 14.3 Å². The molecule has 102 valence electrons. The minimum Gasteiger partial charge on any atom is -0.460 e. The maximum Gasteiger partial charge on any atom is 0.303 e. The van der Waals surface area contributed by atoms with Crippen LogP contribution in [0.1, 0.15) is 47.5 Å². The lowest BCUT2D eigenvalue weighted by Crippen LogP contribution is -2.32. The second-order valence-electron chi connectivity index (χ2n) is 5.11. The number of ether oxygens (including phenoxy) is 2. The Hall–Kier alpha value is -0.610. The maximum absolute atomic E-state index is 10.2. The Morgan fingerprint density at radius 2 is 1.82 bits per heavy atom. The highest BCUT2D eigenvalue weighted by Crippen LogP contribution is 2.06. The summed E-state index contributed by atoms with van der Waals surface area (Å²) in [6.07, 6.45) is 2.91. The van der Waals surface area contributed by atoms with Crippen molar-refractivity contribution in [2.75, 3.05) is 19.7 Å². The third-order valence-corrected chi connectivity index (χ3v) is 2.14. The van der Waals surface area contributed by atoms with Crippen LogP contribution in [0.25, 0.3) is 0 Å². The predicted octanol–water partition coefficient (Wildman–Crippen LogP) is 2.12. The van der Waals surface area contributed by atoms with Crippen LogP contribution < -0.4 is 5.32 Å². The molecule has 17 heavy (non-hydrogen) atoms. The van der Waals surface area contributed by atoms with Crippen molar-refractivity contribution in [1.29, 1.82) is 0 Å². The van der Waals surface area contributed by atoms with Crippen LogP contribution in [0.2, 0.25) is 0 Å². The summed E-state index contributed by atoms with van der Waals surface area (Å²) < 4.78 is 10.2. The average Bonchev–Trinajstić information content (AvgIpc) is 2.16. The van der Waals surface area contributed by atoms with Gasteiger partial charge in [-0.25, -0.2) is 0 Å². The van der Waals surface area contributed by atoms with Crippen LogP contribution in [0, 0.1) is 0 Å². The zero-order valence-corrected chi connectivity index (χ0v) is 11.8. The number of carbonyl (C=O) groups excluding carboxylic acids is 1. The van der Waals surface area contributed by atoms with Gasteiger partial charge in [0.1, 0.15) is 5.60 Å². The normalized spacial score (nSPS) is 17.0. The molecule has 1 aliphatic rings. The molecule has 1 saturated heterocycles. The highest BCUT2D eigenvalue weighted by atomic mass is 16.6. The molecular formula is C13H27NO3. The van der Waals surface area contributed by atoms with Gasteiger partial charge in [0, 0.05) is 13.5 Å². The lowest BCUT2D eigenvalue weighted by Gasteiger charge is -2.21. The Morgan fingerprint density at radius 3 is 2.12 bits per heavy atom. The van der Waals surface area contributed by atoms with E-state index in [4.69, 9.17) is 9.47 Å². The summed E-state index contributed by atoms with van der Waals surface area (Å²) >= 11 is 0. The molecule has 0 radical (unpaired) electrons. The van der Waals surface area contributed by atoms with Crippen molar-refractivity contribution < 1.29 is 14.3 Å². The van der Waals surface area contributed by atoms with Gasteiger partial charge in [-0.15, -0.1) is 0 Å². The summed E-state index contributed by atoms with van der Waals surface area (Å²) in [5.41, 5.74) is -0.328. The van der Waals surface area contributed by atoms with Crippen LogP contribution in [0.4, 0.5) is 0 Å². The summed E-state index contributed by atoms with van der Waals surface area (Å²) in [4.78, 5) is 10.2. The van der Waals surface area contributed by atoms with Crippen LogP contribution in [0.5, 0.6) is 0 Å². The molecule has 1 fully saturated rings. The lowest BCUT2D eigenvalue weighted by atomic mass is 10.1. The molecule has 0 bridgehead atoms. The largest absolute Gasteiger partial charge is 0.460 e. The SMILES string of the molecule is CC(=O)OC(C)(C)C.CCOC1CCNCC1. The Bertz CT molecular complexity index is 202. The second-order valence-corrected chi connectivity index (χ2v) is 5.11. The van der Waals surface area contributed by atoms with E-state index >= 15 is 0 Å². The van der Waals surface area contributed by atoms with Gasteiger partial charge in [-0.3, -0.25) is 4.79 Å². The molecule has 0 spiro atoms. The summed E-state index contributed by atoms with van der Waals surface area (Å²) in [5, 5.41) is 3.29. The highest BCUT2D eigenvalue weighted by Gasteiger charge is 2.12. The van der Waals surface area contributed by atoms with Crippen molar-refractivity contribution >= 4 is 5.97 Å². The number of hydrogen-bond donors (Lipinski definition) is 1. The first-order chi connectivity index (χ1) is 7.85. The van der Waals surface area contributed by atoms with E-state index in [1.54, 1.807) is 0 Å². The minimum atomic E-state index is -0.328. The van der Waals surface area contributed by atoms with Gasteiger partial charge in [-0.2, -0.15) is 0 Å². The zero-order valence-electron chi connectivity index (χ0n) is 11.8. The smallest absolute Gasteiger partial charge is 0.303 e. The van der Waals surface area contributed by atoms with Crippen LogP contribution in [0.15, 0.2) is 0 Å². The molecule has 0 amide bonds. The van der Waals surface area contributed by atoms with E-state index in [0.717, 1.165) is 19.7 Å². The maximum atomic E-state index is 10.2. The van der Waals surface area contributed by atoms with E-state index in [-0.39, 0.29) is 11.6 Å². The first-order valence-electron chi connectivity index (χ1n) is 6.37. The van der Waals surface area contributed by atoms with Crippen molar-refractivity contribution in [2.24, 2.45) is 0 Å². The summed E-state index contributed by atoms with van der Waals surface area (Å²) in [5.74, 6) is -0.225. The molecule has 4 heteroatoms. The molecular weight excluding hydrogens is 218 g/mol. The second kappa shape index (κ2) is 8.48. The number of nitrogens with one attached hydrogen (secondary N) is 1. The van der Waals surface area contributed by atoms with Crippen LogP contribution in [0.3, 0.4) is 0 Å². The fourth-order valence-electron chi connectivity index (χ4n) is 1.63. The van der Waals surface area contributed by atoms with Crippen molar-refractivity contribution in [1.82, 2.24) is 5.32 Å². The van der Waals surface area contributed by atoms with E-state index in [2.05, 4.69) is 12.2 Å². The Labute approximate surface area is 105 Å². The molecule has 1 aliphatic heterocycles. The van der Waals surface area contributed by atoms with Gasteiger partial charge in [-0.1, -0.05) is 0 Å². The summed E-state index contributed by atoms with van der Waals surface area (Å²) in [7, 11) is 0. The van der Waals surface area contributed by atoms with Crippen molar-refractivity contribution in [2.45, 2.75) is 59.2 Å². The molecule has 0 aromatic heterocycles. The third kappa shape index (κ3) is 11.6. The van der Waals surface area contributed by atoms with Gasteiger partial charge < -0.3 is 14.8 Å². The number of rotatable bonds is 2. The zero-order chi connectivity index (χ0) is 13.3. The fraction of sp³-hybridized carbons (Fsp3) is 0.923. The number of carbonyl (C=O) groups is 1. The van der Waals surface area contributed by atoms with Gasteiger partial charge in [0.05, 0.1) is 6.10 Å². The molecule has 0 saturated carbocycles. The minimum absolute atomic E-state index is 0.225. The molecule has 0 aliphatic carbocycles. The van der Waals surface area contributed by atoms with Gasteiger partial charge in [0.25, 0.3) is 0 Å². The number of esters is 1. The van der Waals surface area contributed by atoms with Gasteiger partial charge in [-0.05, 0) is 53.6 Å². The molecule has 0 unspecified atom stereocenters. The standard InChI is InChI=1S/C7H15NO.C6H12O2/c1-2-9-7-3-5-8-6-4-7;1-5(7)8-6(2,3)4/h7-8H,2-6H2,1H3;1-4H3. The molecule has 1 rings (SSSR count). The monoisotopic (exact) mass is 245 g/mol. The quantitative estimate of drug-likeness (QED) is 0.757. The first-order valence-corrected chi connectivity index (χ1v) is 6.37. The van der Waals surface area contributed by atoms with Gasteiger partial charge in [0.15, 0.2) is 0 Å². The molecule has 1 heterocycles. The number of piperidine rings is 1. The van der Waals surface area contributed by atoms with Crippen LogP contribution in [-0.4, -0.2) is 37.4 Å². The lowest BCUT2D eigenvalue weighted by molar-refractivity contribution is -0.151. The molecule has 0 atom stereocenters. The topological polar surface area (TPSA) is 47.6 Å².